The number of aryl methyl sites for hydroxylation is 2. The lowest BCUT2D eigenvalue weighted by Gasteiger charge is -2.31. The molecule has 12 heteroatoms. The van der Waals surface area contributed by atoms with E-state index in [1.807, 2.05) is 23.1 Å². The molecule has 4 rings (SSSR count). The summed E-state index contributed by atoms with van der Waals surface area (Å²) >= 11 is 0. The first kappa shape index (κ1) is 23.5. The van der Waals surface area contributed by atoms with Crippen LogP contribution in [0, 0.1) is 13.8 Å². The van der Waals surface area contributed by atoms with Crippen molar-refractivity contribution in [2.75, 3.05) is 13.2 Å². The highest BCUT2D eigenvalue weighted by Crippen LogP contribution is 2.33. The first-order valence-corrected chi connectivity index (χ1v) is 9.82. The Kier molecular flexibility index (Phi) is 7.02. The molecule has 2 fully saturated rings. The van der Waals surface area contributed by atoms with Crippen LogP contribution in [-0.4, -0.2) is 69.6 Å². The summed E-state index contributed by atoms with van der Waals surface area (Å²) < 4.78 is 48.9. The van der Waals surface area contributed by atoms with Gasteiger partial charge in [0, 0.05) is 18.9 Å². The second-order valence-electron chi connectivity index (χ2n) is 7.33. The molecule has 0 spiro atoms. The van der Waals surface area contributed by atoms with Crippen molar-refractivity contribution in [1.29, 1.82) is 0 Å². The number of carboxylic acids is 1. The number of aromatic nitrogens is 2. The number of carbonyl (C=O) groups excluding carboxylic acids is 1. The molecule has 174 valence electrons. The Morgan fingerprint density at radius 2 is 2.00 bits per heavy atom. The maximum absolute atomic E-state index is 13.1. The molecule has 4 heterocycles. The minimum absolute atomic E-state index is 0.00339. The van der Waals surface area contributed by atoms with Gasteiger partial charge in [-0.05, 0) is 32.8 Å². The topological polar surface area (TPSA) is 115 Å². The average molecular weight is 457 g/mol. The Labute approximate surface area is 181 Å². The number of amides is 1. The first-order chi connectivity index (χ1) is 15.1. The smallest absolute Gasteiger partial charge is 0.475 e. The van der Waals surface area contributed by atoms with Crippen molar-refractivity contribution < 1.29 is 41.9 Å². The molecule has 0 bridgehead atoms. The summed E-state index contributed by atoms with van der Waals surface area (Å²) in [5, 5.41) is 11.0. The van der Waals surface area contributed by atoms with Gasteiger partial charge >= 0.3 is 12.1 Å². The van der Waals surface area contributed by atoms with Crippen LogP contribution in [-0.2, 0) is 9.53 Å². The lowest BCUT2D eigenvalue weighted by molar-refractivity contribution is -0.192. The van der Waals surface area contributed by atoms with Crippen LogP contribution in [0.25, 0.3) is 0 Å². The zero-order valence-electron chi connectivity index (χ0n) is 17.3. The van der Waals surface area contributed by atoms with E-state index in [0.717, 1.165) is 12.8 Å². The number of hydrogen-bond donors (Lipinski definition) is 1. The summed E-state index contributed by atoms with van der Waals surface area (Å²) in [6.07, 6.45) is -1.93. The number of nitrogens with zero attached hydrogens (tertiary/aromatic N) is 3. The number of carbonyl (C=O) groups is 2. The van der Waals surface area contributed by atoms with Gasteiger partial charge in [-0.15, -0.1) is 0 Å². The molecule has 1 N–H and O–H groups in total. The van der Waals surface area contributed by atoms with Gasteiger partial charge in [0.1, 0.15) is 23.5 Å². The van der Waals surface area contributed by atoms with Crippen LogP contribution < -0.4 is 4.74 Å². The summed E-state index contributed by atoms with van der Waals surface area (Å²) in [7, 11) is 0. The Balaban J connectivity index is 0.000000360. The summed E-state index contributed by atoms with van der Waals surface area (Å²) in [6, 6.07) is 5.54. The Bertz CT molecular complexity index is 930. The number of carboxylic acid groups (broad SMARTS) is 1. The molecule has 2 aliphatic rings. The van der Waals surface area contributed by atoms with Crippen molar-refractivity contribution in [2.45, 2.75) is 51.1 Å². The van der Waals surface area contributed by atoms with Crippen molar-refractivity contribution in [3.63, 3.8) is 0 Å². The molecule has 3 atom stereocenters. The quantitative estimate of drug-likeness (QED) is 0.748. The van der Waals surface area contributed by atoms with Gasteiger partial charge in [0.25, 0.3) is 5.91 Å². The van der Waals surface area contributed by atoms with E-state index in [2.05, 4.69) is 10.1 Å². The second kappa shape index (κ2) is 9.55. The molecule has 0 radical (unpaired) electrons. The lowest BCUT2D eigenvalue weighted by atomic mass is 10.0. The number of fused-ring (bicyclic) bond motifs is 1. The zero-order chi connectivity index (χ0) is 23.5. The monoisotopic (exact) mass is 457 g/mol. The lowest BCUT2D eigenvalue weighted by Crippen LogP contribution is -2.44. The molecule has 1 amide bonds. The van der Waals surface area contributed by atoms with Crippen LogP contribution in [0.1, 0.15) is 34.7 Å². The molecular formula is C20H22F3N3O6. The fraction of sp³-hybridized carbons (Fsp3) is 0.500. The van der Waals surface area contributed by atoms with E-state index < -0.39 is 12.1 Å². The second-order valence-corrected chi connectivity index (χ2v) is 7.33. The third kappa shape index (κ3) is 5.18. The number of alkyl halides is 3. The largest absolute Gasteiger partial charge is 0.490 e. The minimum Gasteiger partial charge on any atom is -0.475 e. The number of ether oxygens (including phenoxy) is 2. The Morgan fingerprint density at radius 3 is 2.56 bits per heavy atom. The zero-order valence-corrected chi connectivity index (χ0v) is 17.3. The third-order valence-electron chi connectivity index (χ3n) is 5.14. The number of rotatable bonds is 3. The fourth-order valence-corrected chi connectivity index (χ4v) is 3.75. The molecule has 2 aromatic rings. The molecule has 32 heavy (non-hydrogen) atoms. The maximum atomic E-state index is 13.1. The number of likely N-dealkylation sites (tertiary alicyclic amines) is 1. The van der Waals surface area contributed by atoms with Gasteiger partial charge in [-0.1, -0.05) is 11.2 Å². The highest BCUT2D eigenvalue weighted by atomic mass is 19.4. The van der Waals surface area contributed by atoms with Gasteiger partial charge in [0.05, 0.1) is 18.3 Å². The molecule has 0 aliphatic carbocycles. The van der Waals surface area contributed by atoms with Gasteiger partial charge in [0.15, 0.2) is 0 Å². The van der Waals surface area contributed by atoms with E-state index in [0.29, 0.717) is 36.0 Å². The fourth-order valence-electron chi connectivity index (χ4n) is 3.75. The predicted octanol–water partition coefficient (Wildman–Crippen LogP) is 2.77. The van der Waals surface area contributed by atoms with Crippen LogP contribution in [0.2, 0.25) is 0 Å². The van der Waals surface area contributed by atoms with Crippen LogP contribution in [0.15, 0.2) is 28.9 Å². The van der Waals surface area contributed by atoms with E-state index >= 15 is 0 Å². The van der Waals surface area contributed by atoms with Crippen molar-refractivity contribution in [3.8, 4) is 5.88 Å². The van der Waals surface area contributed by atoms with Gasteiger partial charge < -0.3 is 24.0 Å². The van der Waals surface area contributed by atoms with Crippen LogP contribution >= 0.6 is 0 Å². The van der Waals surface area contributed by atoms with Gasteiger partial charge in [-0.25, -0.2) is 9.78 Å². The Hall–Kier alpha value is -3.15. The van der Waals surface area contributed by atoms with Gasteiger partial charge in [0.2, 0.25) is 5.88 Å². The van der Waals surface area contributed by atoms with E-state index in [4.69, 9.17) is 23.9 Å². The molecule has 0 saturated carbocycles. The number of pyridine rings is 1. The van der Waals surface area contributed by atoms with E-state index in [9.17, 15) is 18.0 Å². The molecule has 0 aromatic carbocycles. The summed E-state index contributed by atoms with van der Waals surface area (Å²) in [5.74, 6) is -1.73. The van der Waals surface area contributed by atoms with E-state index in [1.165, 1.54) is 0 Å². The number of hydrogen-bond acceptors (Lipinski definition) is 7. The summed E-state index contributed by atoms with van der Waals surface area (Å²) in [4.78, 5) is 28.1. The summed E-state index contributed by atoms with van der Waals surface area (Å²) in [5.41, 5.74) is 1.16. The predicted molar refractivity (Wildman–Crippen MR) is 102 cm³/mol. The third-order valence-corrected chi connectivity index (χ3v) is 5.14. The van der Waals surface area contributed by atoms with Crippen molar-refractivity contribution in [3.05, 3.63) is 41.4 Å². The van der Waals surface area contributed by atoms with Gasteiger partial charge in [-0.3, -0.25) is 4.79 Å². The van der Waals surface area contributed by atoms with E-state index in [-0.39, 0.29) is 24.2 Å². The van der Waals surface area contributed by atoms with Crippen molar-refractivity contribution in [2.24, 2.45) is 0 Å². The number of aliphatic carboxylic acids is 1. The van der Waals surface area contributed by atoms with E-state index in [1.54, 1.807) is 20.0 Å². The Morgan fingerprint density at radius 1 is 1.28 bits per heavy atom. The molecular weight excluding hydrogens is 435 g/mol. The summed E-state index contributed by atoms with van der Waals surface area (Å²) in [6.45, 7) is 4.71. The standard InChI is InChI=1S/C18H21N3O4.C2HF3O2/c1-11-16(12(2)25-20-11)18(22)21-10-14(17-13(21)6-5-9-23-17)24-15-7-3-4-8-19-15;3-2(4,5)1(6)7/h3-4,7-8,13-14,17H,5-6,9-10H2,1-2H3;(H,6,7)/t13-,14-,17+;/m1./s1. The SMILES string of the molecule is Cc1noc(C)c1C(=O)N1C[C@@H](Oc2ccccn2)[C@H]2OCCC[C@H]21.O=C(O)C(F)(F)F. The maximum Gasteiger partial charge on any atom is 0.490 e. The van der Waals surface area contributed by atoms with Crippen LogP contribution in [0.3, 0.4) is 0 Å². The minimum atomic E-state index is -5.08. The molecule has 9 nitrogen and oxygen atoms in total. The molecule has 2 aliphatic heterocycles. The highest BCUT2D eigenvalue weighted by Gasteiger charge is 2.48. The van der Waals surface area contributed by atoms with Crippen molar-refractivity contribution in [1.82, 2.24) is 15.0 Å². The van der Waals surface area contributed by atoms with Crippen molar-refractivity contribution >= 4 is 11.9 Å². The van der Waals surface area contributed by atoms with Crippen LogP contribution in [0.4, 0.5) is 13.2 Å². The normalized spacial score (nSPS) is 22.5. The molecule has 0 unspecified atom stereocenters. The van der Waals surface area contributed by atoms with Crippen LogP contribution in [0.5, 0.6) is 5.88 Å². The molecule has 2 aromatic heterocycles. The average Bonchev–Trinajstić information content (AvgIpc) is 3.28. The number of halogens is 3. The first-order valence-electron chi connectivity index (χ1n) is 9.82. The molecule has 2 saturated heterocycles. The van der Waals surface area contributed by atoms with Gasteiger partial charge in [-0.2, -0.15) is 13.2 Å². The highest BCUT2D eigenvalue weighted by molar-refractivity contribution is 5.96.